The van der Waals surface area contributed by atoms with Crippen LogP contribution in [0.5, 0.6) is 5.75 Å². The molecule has 0 unspecified atom stereocenters. The summed E-state index contributed by atoms with van der Waals surface area (Å²) in [5.41, 5.74) is -0.828. The molecule has 0 bridgehead atoms. The zero-order valence-electron chi connectivity index (χ0n) is 13.0. The highest BCUT2D eigenvalue weighted by Crippen LogP contribution is 2.30. The minimum absolute atomic E-state index is 0.106. The van der Waals surface area contributed by atoms with Gasteiger partial charge in [0.2, 0.25) is 5.78 Å². The molecule has 0 aliphatic carbocycles. The van der Waals surface area contributed by atoms with E-state index in [0.717, 1.165) is 24.3 Å². The van der Waals surface area contributed by atoms with Gasteiger partial charge >= 0.3 is 6.18 Å². The van der Waals surface area contributed by atoms with Gasteiger partial charge in [-0.05, 0) is 48.5 Å². The Morgan fingerprint density at radius 1 is 1.08 bits per heavy atom. The first-order chi connectivity index (χ1) is 11.8. The molecule has 1 N–H and O–H groups in total. The molecule has 5 nitrogen and oxygen atoms in total. The number of allylic oxidation sites excluding steroid dienone is 1. The van der Waals surface area contributed by atoms with Crippen molar-refractivity contribution in [3.63, 3.8) is 0 Å². The quantitative estimate of drug-likeness (QED) is 0.354. The molecule has 0 amide bonds. The van der Waals surface area contributed by atoms with Gasteiger partial charge < -0.3 is 9.84 Å². The zero-order chi connectivity index (χ0) is 18.4. The average molecular weight is 350 g/mol. The first-order valence-electron chi connectivity index (χ1n) is 6.97. The number of carbonyl (C=O) groups is 1. The molecule has 2 aromatic carbocycles. The molecule has 0 saturated carbocycles. The van der Waals surface area contributed by atoms with Gasteiger partial charge in [-0.2, -0.15) is 18.3 Å². The zero-order valence-corrected chi connectivity index (χ0v) is 13.0. The normalized spacial score (nSPS) is 12.4. The fourth-order valence-electron chi connectivity index (χ4n) is 1.85. The number of ketones is 1. The van der Waals surface area contributed by atoms with Gasteiger partial charge in [0.15, 0.2) is 5.70 Å². The van der Waals surface area contributed by atoms with E-state index in [9.17, 15) is 23.1 Å². The first-order valence-corrected chi connectivity index (χ1v) is 6.97. The molecule has 0 radical (unpaired) electrons. The number of hydrogen-bond acceptors (Lipinski definition) is 5. The second kappa shape index (κ2) is 7.61. The third-order valence-corrected chi connectivity index (χ3v) is 3.17. The number of aliphatic hydroxyl groups is 1. The van der Waals surface area contributed by atoms with Crippen molar-refractivity contribution in [1.82, 2.24) is 0 Å². The smallest absolute Gasteiger partial charge is 0.416 e. The molecule has 0 aromatic heterocycles. The van der Waals surface area contributed by atoms with E-state index in [2.05, 4.69) is 10.2 Å². The number of aliphatic hydroxyl groups excluding tert-OH is 1. The largest absolute Gasteiger partial charge is 0.513 e. The monoisotopic (exact) mass is 350 g/mol. The molecule has 2 aromatic rings. The van der Waals surface area contributed by atoms with Gasteiger partial charge in [0.1, 0.15) is 12.0 Å². The summed E-state index contributed by atoms with van der Waals surface area (Å²) in [5.74, 6) is -0.0433. The molecule has 0 aliphatic rings. The molecule has 0 spiro atoms. The molecular formula is C17H13F3N2O3. The molecule has 2 rings (SSSR count). The lowest BCUT2D eigenvalue weighted by Gasteiger charge is -2.05. The summed E-state index contributed by atoms with van der Waals surface area (Å²) in [5, 5.41) is 16.4. The van der Waals surface area contributed by atoms with Crippen LogP contribution in [0.2, 0.25) is 0 Å². The lowest BCUT2D eigenvalue weighted by Crippen LogP contribution is -2.03. The van der Waals surface area contributed by atoms with E-state index in [0.29, 0.717) is 12.0 Å². The second-order valence-electron chi connectivity index (χ2n) is 4.82. The Morgan fingerprint density at radius 2 is 1.68 bits per heavy atom. The summed E-state index contributed by atoms with van der Waals surface area (Å²) >= 11 is 0. The van der Waals surface area contributed by atoms with Gasteiger partial charge in [-0.1, -0.05) is 0 Å². The number of hydrogen-bond donors (Lipinski definition) is 1. The summed E-state index contributed by atoms with van der Waals surface area (Å²) < 4.78 is 42.4. The van der Waals surface area contributed by atoms with Gasteiger partial charge in [0, 0.05) is 5.56 Å². The molecule has 0 atom stereocenters. The van der Waals surface area contributed by atoms with Crippen LogP contribution < -0.4 is 4.74 Å². The SMILES string of the molecule is COc1ccc(C(=O)C(=CO)N=Nc2ccc(C(F)(F)F)cc2)cc1. The number of carbonyl (C=O) groups excluding carboxylic acids is 1. The highest BCUT2D eigenvalue weighted by molar-refractivity contribution is 6.08. The van der Waals surface area contributed by atoms with E-state index in [-0.39, 0.29) is 16.9 Å². The predicted molar refractivity (Wildman–Crippen MR) is 84.0 cm³/mol. The van der Waals surface area contributed by atoms with Crippen LogP contribution in [0.25, 0.3) is 0 Å². The van der Waals surface area contributed by atoms with Crippen molar-refractivity contribution in [2.24, 2.45) is 10.2 Å². The van der Waals surface area contributed by atoms with Gasteiger partial charge in [-0.25, -0.2) is 0 Å². The third-order valence-electron chi connectivity index (χ3n) is 3.17. The Balaban J connectivity index is 2.15. The van der Waals surface area contributed by atoms with E-state index in [1.54, 1.807) is 12.1 Å². The number of halogens is 3. The summed E-state index contributed by atoms with van der Waals surface area (Å²) in [6.07, 6.45) is -3.96. The van der Waals surface area contributed by atoms with Crippen LogP contribution in [0.1, 0.15) is 15.9 Å². The Hall–Kier alpha value is -3.16. The standard InChI is InChI=1S/C17H13F3N2O3/c1-25-14-8-2-11(3-9-14)16(24)15(10-23)22-21-13-6-4-12(5-7-13)17(18,19)20/h2-10,23H,1H3. The third kappa shape index (κ3) is 4.66. The molecule has 0 fully saturated rings. The Morgan fingerprint density at radius 3 is 2.16 bits per heavy atom. The molecule has 130 valence electrons. The first kappa shape index (κ1) is 18.2. The molecule has 8 heteroatoms. The highest BCUT2D eigenvalue weighted by Gasteiger charge is 2.29. The number of azo groups is 1. The molecule has 0 saturated heterocycles. The van der Waals surface area contributed by atoms with Gasteiger partial charge in [0.25, 0.3) is 0 Å². The maximum absolute atomic E-state index is 12.5. The number of benzene rings is 2. The number of ether oxygens (including phenoxy) is 1. The van der Waals surface area contributed by atoms with Crippen LogP contribution in [-0.4, -0.2) is 18.0 Å². The Bertz CT molecular complexity index is 795. The van der Waals surface area contributed by atoms with E-state index >= 15 is 0 Å². The number of rotatable bonds is 5. The summed E-state index contributed by atoms with van der Waals surface area (Å²) in [6.45, 7) is 0. The fraction of sp³-hybridized carbons (Fsp3) is 0.118. The maximum atomic E-state index is 12.5. The highest BCUT2D eigenvalue weighted by atomic mass is 19.4. The van der Waals surface area contributed by atoms with Crippen LogP contribution in [0.15, 0.2) is 70.7 Å². The second-order valence-corrected chi connectivity index (χ2v) is 4.82. The lowest BCUT2D eigenvalue weighted by molar-refractivity contribution is -0.137. The van der Waals surface area contributed by atoms with Crippen LogP contribution in [0.3, 0.4) is 0 Å². The topological polar surface area (TPSA) is 71.2 Å². The van der Waals surface area contributed by atoms with E-state index < -0.39 is 17.5 Å². The van der Waals surface area contributed by atoms with Crippen LogP contribution in [-0.2, 0) is 6.18 Å². The van der Waals surface area contributed by atoms with Crippen molar-refractivity contribution in [1.29, 1.82) is 0 Å². The number of methoxy groups -OCH3 is 1. The van der Waals surface area contributed by atoms with Gasteiger partial charge in [0.05, 0.1) is 18.4 Å². The minimum Gasteiger partial charge on any atom is -0.513 e. The Kier molecular flexibility index (Phi) is 5.53. The van der Waals surface area contributed by atoms with Crippen LogP contribution in [0, 0.1) is 0 Å². The molecular weight excluding hydrogens is 337 g/mol. The van der Waals surface area contributed by atoms with E-state index in [4.69, 9.17) is 4.74 Å². The molecule has 0 heterocycles. The van der Waals surface area contributed by atoms with Crippen LogP contribution in [0.4, 0.5) is 18.9 Å². The minimum atomic E-state index is -4.45. The number of Topliss-reactive ketones (excluding diaryl/α,β-unsaturated/α-hetero) is 1. The van der Waals surface area contributed by atoms with Crippen molar-refractivity contribution in [2.45, 2.75) is 6.18 Å². The van der Waals surface area contributed by atoms with Crippen LogP contribution >= 0.6 is 0 Å². The van der Waals surface area contributed by atoms with Gasteiger partial charge in [-0.15, -0.1) is 5.11 Å². The van der Waals surface area contributed by atoms with Crippen molar-refractivity contribution < 1.29 is 27.8 Å². The Labute approximate surface area is 141 Å². The van der Waals surface area contributed by atoms with Crippen molar-refractivity contribution in [3.05, 3.63) is 71.6 Å². The summed E-state index contributed by atoms with van der Waals surface area (Å²) in [6, 6.07) is 10.0. The fourth-order valence-corrected chi connectivity index (χ4v) is 1.85. The summed E-state index contributed by atoms with van der Waals surface area (Å²) in [7, 11) is 1.48. The van der Waals surface area contributed by atoms with Crippen molar-refractivity contribution in [2.75, 3.05) is 7.11 Å². The van der Waals surface area contributed by atoms with Crippen molar-refractivity contribution in [3.8, 4) is 5.75 Å². The van der Waals surface area contributed by atoms with E-state index in [1.165, 1.54) is 19.2 Å². The predicted octanol–water partition coefficient (Wildman–Crippen LogP) is 5.08. The molecule has 0 aliphatic heterocycles. The number of nitrogens with zero attached hydrogens (tertiary/aromatic N) is 2. The van der Waals surface area contributed by atoms with E-state index in [1.807, 2.05) is 0 Å². The summed E-state index contributed by atoms with van der Waals surface area (Å²) in [4.78, 5) is 12.2. The molecule has 25 heavy (non-hydrogen) atoms. The van der Waals surface area contributed by atoms with Gasteiger partial charge in [-0.3, -0.25) is 4.79 Å². The number of alkyl halides is 3. The maximum Gasteiger partial charge on any atom is 0.416 e. The van der Waals surface area contributed by atoms with Crippen molar-refractivity contribution >= 4 is 11.5 Å². The average Bonchev–Trinajstić information content (AvgIpc) is 2.61. The lowest BCUT2D eigenvalue weighted by atomic mass is 10.1.